The largest absolute Gasteiger partial charge is 0.809 e. The van der Waals surface area contributed by atoms with Crippen molar-refractivity contribution in [1.82, 2.24) is 14.8 Å². The quantitative estimate of drug-likeness (QED) is 0.130. The Labute approximate surface area is 297 Å². The normalized spacial score (nSPS) is 17.3. The number of hydrogen-bond acceptors (Lipinski definition) is 8. The van der Waals surface area contributed by atoms with Crippen LogP contribution in [0, 0.1) is 0 Å². The second-order valence-corrected chi connectivity index (χ2v) is 19.1. The number of pyridine rings is 1. The van der Waals surface area contributed by atoms with Crippen molar-refractivity contribution < 1.29 is 17.7 Å². The lowest BCUT2D eigenvalue weighted by atomic mass is 10.1. The fraction of sp³-hybridized carbons (Fsp3) is 0.615. The van der Waals surface area contributed by atoms with Crippen molar-refractivity contribution in [3.63, 3.8) is 0 Å². The van der Waals surface area contributed by atoms with Gasteiger partial charge in [0.25, 0.3) is 0 Å². The van der Waals surface area contributed by atoms with E-state index in [-0.39, 0.29) is 9.79 Å². The first-order valence-corrected chi connectivity index (χ1v) is 22.6. The molecule has 0 unspecified atom stereocenters. The zero-order chi connectivity index (χ0) is 34.7. The van der Waals surface area contributed by atoms with Crippen molar-refractivity contribution in [2.75, 3.05) is 76.4 Å². The van der Waals surface area contributed by atoms with Crippen LogP contribution in [0.1, 0.15) is 84.0 Å². The first-order valence-electron chi connectivity index (χ1n) is 18.7. The third-order valence-corrected chi connectivity index (χ3v) is 13.3. The number of hydrogen-bond donors (Lipinski definition) is 0. The van der Waals surface area contributed by atoms with Crippen molar-refractivity contribution in [3.8, 4) is 5.75 Å². The molecule has 2 aliphatic rings. The van der Waals surface area contributed by atoms with Crippen LogP contribution in [0.4, 0.5) is 5.69 Å². The predicted molar refractivity (Wildman–Crippen MR) is 204 cm³/mol. The molecule has 2 saturated heterocycles. The SMILES string of the molecule is CCCCCCCCCCOc1ccc(S(=O)(=O)c2cnc3ccc(S(C)(C)[O-])cc3c2N2CCCN(CCN3CCCCC3)CC2)cc1. The highest BCUT2D eigenvalue weighted by Crippen LogP contribution is 2.47. The minimum atomic E-state index is -3.92. The Bertz CT molecular complexity index is 1570. The Morgan fingerprint density at radius 3 is 2.06 bits per heavy atom. The summed E-state index contributed by atoms with van der Waals surface area (Å²) in [4.78, 5) is 13.1. The van der Waals surface area contributed by atoms with Gasteiger partial charge in [-0.2, -0.15) is 0 Å². The topological polar surface area (TPSA) is 89.0 Å². The minimum Gasteiger partial charge on any atom is -0.809 e. The highest BCUT2D eigenvalue weighted by Gasteiger charge is 2.29. The number of anilines is 1. The van der Waals surface area contributed by atoms with E-state index in [1.165, 1.54) is 77.1 Å². The molecule has 272 valence electrons. The van der Waals surface area contributed by atoms with Gasteiger partial charge in [-0.1, -0.05) is 58.3 Å². The number of benzene rings is 2. The van der Waals surface area contributed by atoms with Gasteiger partial charge in [0.1, 0.15) is 10.6 Å². The number of sulfone groups is 1. The Hall–Kier alpha value is -2.37. The number of ether oxygens (including phenoxy) is 1. The van der Waals surface area contributed by atoms with E-state index in [2.05, 4.69) is 26.6 Å². The summed E-state index contributed by atoms with van der Waals surface area (Å²) in [7, 11) is -6.19. The third kappa shape index (κ3) is 10.6. The summed E-state index contributed by atoms with van der Waals surface area (Å²) in [6.07, 6.45) is 19.7. The lowest BCUT2D eigenvalue weighted by Gasteiger charge is -2.39. The molecule has 0 N–H and O–H groups in total. The van der Waals surface area contributed by atoms with E-state index in [4.69, 9.17) is 4.74 Å². The summed E-state index contributed by atoms with van der Waals surface area (Å²) in [5.74, 6) is 0.682. The lowest BCUT2D eigenvalue weighted by Crippen LogP contribution is -2.39. The number of rotatable bonds is 17. The van der Waals surface area contributed by atoms with Crippen LogP contribution in [-0.2, 0) is 9.84 Å². The molecule has 0 bridgehead atoms. The van der Waals surface area contributed by atoms with Gasteiger partial charge >= 0.3 is 0 Å². The molecule has 1 aromatic heterocycles. The van der Waals surface area contributed by atoms with E-state index in [1.54, 1.807) is 36.8 Å². The highest BCUT2D eigenvalue weighted by atomic mass is 32.3. The van der Waals surface area contributed by atoms with E-state index >= 15 is 0 Å². The van der Waals surface area contributed by atoms with Gasteiger partial charge in [0.2, 0.25) is 9.84 Å². The monoisotopic (exact) mass is 711 g/mol. The number of aromatic nitrogens is 1. The Balaban J connectivity index is 1.33. The van der Waals surface area contributed by atoms with Crippen molar-refractivity contribution in [2.45, 2.75) is 98.7 Å². The summed E-state index contributed by atoms with van der Waals surface area (Å²) in [6.45, 7) is 10.7. The maximum Gasteiger partial charge on any atom is 0.210 e. The van der Waals surface area contributed by atoms with E-state index in [0.717, 1.165) is 57.4 Å². The van der Waals surface area contributed by atoms with E-state index < -0.39 is 20.1 Å². The number of unbranched alkanes of at least 4 members (excludes halogenated alkanes) is 7. The molecule has 5 rings (SSSR count). The number of piperidine rings is 1. The molecule has 8 nitrogen and oxygen atoms in total. The van der Waals surface area contributed by atoms with Crippen molar-refractivity contribution in [1.29, 1.82) is 0 Å². The minimum absolute atomic E-state index is 0.199. The smallest absolute Gasteiger partial charge is 0.210 e. The van der Waals surface area contributed by atoms with Crippen molar-refractivity contribution in [2.24, 2.45) is 0 Å². The molecule has 0 atom stereocenters. The predicted octanol–water partition coefficient (Wildman–Crippen LogP) is 8.14. The second kappa shape index (κ2) is 18.2. The molecule has 0 aliphatic carbocycles. The van der Waals surface area contributed by atoms with Gasteiger partial charge < -0.3 is 34.3 Å². The maximum atomic E-state index is 14.4. The average Bonchev–Trinajstić information content (AvgIpc) is 3.35. The average molecular weight is 712 g/mol. The van der Waals surface area contributed by atoms with Gasteiger partial charge in [0, 0.05) is 44.3 Å². The molecular formula is C39H59N4O4S2-. The molecule has 0 amide bonds. The van der Waals surface area contributed by atoms with Gasteiger partial charge in [-0.05, 0) is 105 Å². The fourth-order valence-electron chi connectivity index (χ4n) is 7.12. The van der Waals surface area contributed by atoms with Crippen LogP contribution in [-0.4, -0.2) is 99.2 Å². The van der Waals surface area contributed by atoms with Crippen molar-refractivity contribution in [3.05, 3.63) is 48.7 Å². The van der Waals surface area contributed by atoms with Crippen LogP contribution in [0.5, 0.6) is 5.75 Å². The first kappa shape index (κ1) is 37.9. The lowest BCUT2D eigenvalue weighted by molar-refractivity contribution is 0.186. The second-order valence-electron chi connectivity index (χ2n) is 14.3. The van der Waals surface area contributed by atoms with Crippen LogP contribution in [0.25, 0.3) is 10.9 Å². The van der Waals surface area contributed by atoms with E-state index in [0.29, 0.717) is 35.0 Å². The first-order chi connectivity index (χ1) is 23.7. The van der Waals surface area contributed by atoms with Crippen LogP contribution in [0.2, 0.25) is 0 Å². The molecule has 10 heteroatoms. The molecule has 49 heavy (non-hydrogen) atoms. The summed E-state index contributed by atoms with van der Waals surface area (Å²) in [6, 6.07) is 12.5. The third-order valence-electron chi connectivity index (χ3n) is 10.1. The summed E-state index contributed by atoms with van der Waals surface area (Å²) in [5.41, 5.74) is 1.38. The molecule has 3 heterocycles. The number of fused-ring (bicyclic) bond motifs is 1. The summed E-state index contributed by atoms with van der Waals surface area (Å²) < 4.78 is 48.0. The molecule has 2 aromatic carbocycles. The molecule has 2 aliphatic heterocycles. The van der Waals surface area contributed by atoms with Gasteiger partial charge in [-0.3, -0.25) is 4.98 Å². The van der Waals surface area contributed by atoms with Crippen molar-refractivity contribution >= 4 is 36.7 Å². The molecular weight excluding hydrogens is 653 g/mol. The summed E-state index contributed by atoms with van der Waals surface area (Å²) >= 11 is 0. The molecule has 2 fully saturated rings. The zero-order valence-electron chi connectivity index (χ0n) is 30.2. The molecule has 0 spiro atoms. The highest BCUT2D eigenvalue weighted by molar-refractivity contribution is 8.28. The van der Waals surface area contributed by atoms with Crippen LogP contribution in [0.15, 0.2) is 63.3 Å². The summed E-state index contributed by atoms with van der Waals surface area (Å²) in [5, 5.41) is 0.738. The van der Waals surface area contributed by atoms with Gasteiger partial charge in [-0.25, -0.2) is 8.42 Å². The Morgan fingerprint density at radius 2 is 1.37 bits per heavy atom. The van der Waals surface area contributed by atoms with E-state index in [1.807, 2.05) is 18.2 Å². The van der Waals surface area contributed by atoms with E-state index in [9.17, 15) is 13.0 Å². The molecule has 3 aromatic rings. The number of nitrogens with zero attached hydrogens (tertiary/aromatic N) is 4. The van der Waals surface area contributed by atoms with Gasteiger partial charge in [0.05, 0.1) is 22.7 Å². The Kier molecular flexibility index (Phi) is 14.1. The number of likely N-dealkylation sites (tertiary alicyclic amines) is 1. The van der Waals surface area contributed by atoms with Crippen LogP contribution >= 0.6 is 10.3 Å². The maximum absolute atomic E-state index is 14.4. The zero-order valence-corrected chi connectivity index (χ0v) is 31.8. The standard InChI is InChI=1S/C39H60N4O4S2/c1-4-5-6-7-8-9-10-14-30-47-33-16-18-34(19-17-33)49(45,46)38-32-40-37-21-20-35(48(2,3)44)31-36(37)39(38)43-25-15-24-42(28-29-43)27-26-41-22-12-11-13-23-41/h16-21,31-32,44H,4-15,22-30H2,1-3H3/p-1. The van der Waals surface area contributed by atoms with Crippen LogP contribution in [0.3, 0.4) is 0 Å². The molecule has 0 saturated carbocycles. The fourth-order valence-corrected chi connectivity index (χ4v) is 9.35. The van der Waals surface area contributed by atoms with Gasteiger partial charge in [-0.15, -0.1) is 0 Å². The van der Waals surface area contributed by atoms with Gasteiger partial charge in [0.15, 0.2) is 0 Å². The molecule has 0 radical (unpaired) electrons. The van der Waals surface area contributed by atoms with Crippen LogP contribution < -0.4 is 9.64 Å². The Morgan fingerprint density at radius 1 is 0.735 bits per heavy atom.